The van der Waals surface area contributed by atoms with Crippen LogP contribution in [0.1, 0.15) is 29.1 Å². The van der Waals surface area contributed by atoms with E-state index in [2.05, 4.69) is 10.2 Å². The van der Waals surface area contributed by atoms with Crippen LogP contribution in [0.5, 0.6) is 5.75 Å². The number of benzene rings is 1. The highest BCUT2D eigenvalue weighted by Gasteiger charge is 2.16. The molecular formula is C13H14N2O4. The number of methoxy groups -OCH3 is 1. The number of aromatic nitrogens is 2. The molecule has 0 unspecified atom stereocenters. The van der Waals surface area contributed by atoms with Crippen molar-refractivity contribution in [1.82, 2.24) is 10.2 Å². The lowest BCUT2D eigenvalue weighted by molar-refractivity contribution is 0.0479. The summed E-state index contributed by atoms with van der Waals surface area (Å²) in [6.45, 7) is 1.98. The maximum Gasteiger partial charge on any atom is 0.396 e. The molecule has 0 fully saturated rings. The van der Waals surface area contributed by atoms with Crippen LogP contribution in [0.15, 0.2) is 28.7 Å². The second-order valence-corrected chi connectivity index (χ2v) is 3.71. The maximum atomic E-state index is 11.4. The van der Waals surface area contributed by atoms with Crippen molar-refractivity contribution in [1.29, 1.82) is 0 Å². The Labute approximate surface area is 110 Å². The van der Waals surface area contributed by atoms with Crippen LogP contribution in [0.25, 0.3) is 0 Å². The average molecular weight is 262 g/mol. The van der Waals surface area contributed by atoms with E-state index in [0.717, 1.165) is 11.3 Å². The summed E-state index contributed by atoms with van der Waals surface area (Å²) in [5.41, 5.74) is 0.907. The third-order valence-corrected chi connectivity index (χ3v) is 2.45. The molecule has 0 saturated heterocycles. The van der Waals surface area contributed by atoms with Gasteiger partial charge in [-0.05, 0) is 13.0 Å². The smallest absolute Gasteiger partial charge is 0.396 e. The van der Waals surface area contributed by atoms with Crippen LogP contribution in [0.3, 0.4) is 0 Å². The minimum atomic E-state index is -0.610. The first-order valence-corrected chi connectivity index (χ1v) is 5.86. The number of carbonyl (C=O) groups excluding carboxylic acids is 1. The highest BCUT2D eigenvalue weighted by atomic mass is 16.5. The first-order chi connectivity index (χ1) is 9.24. The van der Waals surface area contributed by atoms with Crippen LogP contribution in [0, 0.1) is 0 Å². The van der Waals surface area contributed by atoms with Crippen molar-refractivity contribution < 1.29 is 18.7 Å². The molecule has 0 saturated carbocycles. The quantitative estimate of drug-likeness (QED) is 0.765. The summed E-state index contributed by atoms with van der Waals surface area (Å²) in [5, 5.41) is 7.47. The van der Waals surface area contributed by atoms with Crippen LogP contribution in [-0.2, 0) is 11.2 Å². The number of nitrogens with zero attached hydrogens (tertiary/aromatic N) is 2. The van der Waals surface area contributed by atoms with E-state index < -0.39 is 5.97 Å². The molecule has 0 bridgehead atoms. The average Bonchev–Trinajstić information content (AvgIpc) is 2.88. The summed E-state index contributed by atoms with van der Waals surface area (Å²) in [5.74, 6) is 0.332. The molecule has 100 valence electrons. The minimum absolute atomic E-state index is 0.133. The van der Waals surface area contributed by atoms with Gasteiger partial charge in [-0.1, -0.05) is 18.2 Å². The molecule has 1 aromatic carbocycles. The zero-order valence-electron chi connectivity index (χ0n) is 10.8. The van der Waals surface area contributed by atoms with Crippen molar-refractivity contribution in [2.45, 2.75) is 13.3 Å². The molecule has 0 aliphatic carbocycles. The summed E-state index contributed by atoms with van der Waals surface area (Å²) in [7, 11) is 1.59. The van der Waals surface area contributed by atoms with Gasteiger partial charge in [0.25, 0.3) is 0 Å². The summed E-state index contributed by atoms with van der Waals surface area (Å²) in [6.07, 6.45) is 0.399. The van der Waals surface area contributed by atoms with E-state index in [0.29, 0.717) is 12.3 Å². The lowest BCUT2D eigenvalue weighted by Crippen LogP contribution is -2.04. The predicted octanol–water partition coefficient (Wildman–Crippen LogP) is 1.85. The maximum absolute atomic E-state index is 11.4. The molecule has 0 aliphatic heterocycles. The largest absolute Gasteiger partial charge is 0.496 e. The second kappa shape index (κ2) is 5.99. The van der Waals surface area contributed by atoms with E-state index in [9.17, 15) is 4.79 Å². The van der Waals surface area contributed by atoms with Crippen molar-refractivity contribution in [3.8, 4) is 5.75 Å². The Kier molecular flexibility index (Phi) is 4.12. The fourth-order valence-corrected chi connectivity index (χ4v) is 1.61. The van der Waals surface area contributed by atoms with Crippen LogP contribution in [0.4, 0.5) is 0 Å². The molecule has 0 N–H and O–H groups in total. The molecule has 6 nitrogen and oxygen atoms in total. The number of hydrogen-bond donors (Lipinski definition) is 0. The summed E-state index contributed by atoms with van der Waals surface area (Å²) in [4.78, 5) is 11.4. The Morgan fingerprint density at radius 3 is 2.84 bits per heavy atom. The van der Waals surface area contributed by atoms with E-state index in [-0.39, 0.29) is 12.5 Å². The van der Waals surface area contributed by atoms with E-state index in [1.165, 1.54) is 0 Å². The number of esters is 1. The third kappa shape index (κ3) is 3.09. The van der Waals surface area contributed by atoms with Crippen molar-refractivity contribution in [3.63, 3.8) is 0 Å². The predicted molar refractivity (Wildman–Crippen MR) is 66.1 cm³/mol. The van der Waals surface area contributed by atoms with Gasteiger partial charge in [0.1, 0.15) is 5.75 Å². The first kappa shape index (κ1) is 13.1. The lowest BCUT2D eigenvalue weighted by atomic mass is 10.1. The Bertz CT molecular complexity index is 565. The molecule has 0 aliphatic rings. The Morgan fingerprint density at radius 2 is 2.11 bits per heavy atom. The highest BCUT2D eigenvalue weighted by molar-refractivity contribution is 5.83. The summed E-state index contributed by atoms with van der Waals surface area (Å²) >= 11 is 0. The highest BCUT2D eigenvalue weighted by Crippen LogP contribution is 2.20. The monoisotopic (exact) mass is 262 g/mol. The van der Waals surface area contributed by atoms with Crippen LogP contribution >= 0.6 is 0 Å². The lowest BCUT2D eigenvalue weighted by Gasteiger charge is -2.05. The van der Waals surface area contributed by atoms with Gasteiger partial charge in [0.2, 0.25) is 5.89 Å². The van der Waals surface area contributed by atoms with E-state index >= 15 is 0 Å². The molecule has 0 atom stereocenters. The zero-order valence-corrected chi connectivity index (χ0v) is 10.8. The van der Waals surface area contributed by atoms with E-state index in [1.807, 2.05) is 24.3 Å². The first-order valence-electron chi connectivity index (χ1n) is 5.86. The van der Waals surface area contributed by atoms with Gasteiger partial charge < -0.3 is 13.9 Å². The molecule has 1 heterocycles. The van der Waals surface area contributed by atoms with Gasteiger partial charge in [-0.2, -0.15) is 0 Å². The topological polar surface area (TPSA) is 74.5 Å². The normalized spacial score (nSPS) is 10.2. The van der Waals surface area contributed by atoms with Gasteiger partial charge >= 0.3 is 11.9 Å². The van der Waals surface area contributed by atoms with Crippen molar-refractivity contribution in [2.24, 2.45) is 0 Å². The van der Waals surface area contributed by atoms with Gasteiger partial charge in [-0.3, -0.25) is 0 Å². The van der Waals surface area contributed by atoms with E-state index in [4.69, 9.17) is 13.9 Å². The molecule has 0 amide bonds. The SMILES string of the molecule is CCOC(=O)c1nnc(Cc2ccccc2OC)o1. The number of rotatable bonds is 5. The summed E-state index contributed by atoms with van der Waals surface area (Å²) < 4.78 is 15.3. The van der Waals surface area contributed by atoms with Gasteiger partial charge in [0.05, 0.1) is 20.1 Å². The minimum Gasteiger partial charge on any atom is -0.496 e. The molecule has 6 heteroatoms. The van der Waals surface area contributed by atoms with Gasteiger partial charge in [-0.25, -0.2) is 4.79 Å². The molecular weight excluding hydrogens is 248 g/mol. The summed E-state index contributed by atoms with van der Waals surface area (Å²) in [6, 6.07) is 7.51. The molecule has 1 aromatic heterocycles. The standard InChI is InChI=1S/C13H14N2O4/c1-3-18-13(16)12-15-14-11(19-12)8-9-6-4-5-7-10(9)17-2/h4-7H,3,8H2,1-2H3. The fraction of sp³-hybridized carbons (Fsp3) is 0.308. The number of para-hydroxylation sites is 1. The third-order valence-electron chi connectivity index (χ3n) is 2.45. The number of carbonyl (C=O) groups is 1. The molecule has 2 rings (SSSR count). The fourth-order valence-electron chi connectivity index (χ4n) is 1.61. The molecule has 19 heavy (non-hydrogen) atoms. The van der Waals surface area contributed by atoms with E-state index in [1.54, 1.807) is 14.0 Å². The Morgan fingerprint density at radius 1 is 1.32 bits per heavy atom. The van der Waals surface area contributed by atoms with Crippen molar-refractivity contribution in [2.75, 3.05) is 13.7 Å². The van der Waals surface area contributed by atoms with Gasteiger partial charge in [0, 0.05) is 5.56 Å². The molecule has 2 aromatic rings. The van der Waals surface area contributed by atoms with Crippen LogP contribution in [-0.4, -0.2) is 29.9 Å². The zero-order chi connectivity index (χ0) is 13.7. The number of hydrogen-bond acceptors (Lipinski definition) is 6. The van der Waals surface area contributed by atoms with Crippen LogP contribution < -0.4 is 4.74 Å². The Balaban J connectivity index is 2.13. The van der Waals surface area contributed by atoms with Gasteiger partial charge in [0.15, 0.2) is 0 Å². The van der Waals surface area contributed by atoms with Gasteiger partial charge in [-0.15, -0.1) is 10.2 Å². The van der Waals surface area contributed by atoms with Crippen LogP contribution in [0.2, 0.25) is 0 Å². The van der Waals surface area contributed by atoms with Crippen molar-refractivity contribution in [3.05, 3.63) is 41.6 Å². The number of ether oxygens (including phenoxy) is 2. The second-order valence-electron chi connectivity index (χ2n) is 3.71. The molecule has 0 radical (unpaired) electrons. The van der Waals surface area contributed by atoms with Crippen molar-refractivity contribution >= 4 is 5.97 Å². The molecule has 0 spiro atoms. The Hall–Kier alpha value is -2.37.